The van der Waals surface area contributed by atoms with Gasteiger partial charge in [0.1, 0.15) is 10.7 Å². The summed E-state index contributed by atoms with van der Waals surface area (Å²) in [5, 5.41) is 5.62. The molecule has 6 nitrogen and oxygen atoms in total. The summed E-state index contributed by atoms with van der Waals surface area (Å²) in [7, 11) is -3.99. The van der Waals surface area contributed by atoms with E-state index in [2.05, 4.69) is 15.0 Å². The average molecular weight is 379 g/mol. The summed E-state index contributed by atoms with van der Waals surface area (Å²) in [6.07, 6.45) is 0. The van der Waals surface area contributed by atoms with Gasteiger partial charge in [-0.1, -0.05) is 30.0 Å². The number of aryl methyl sites for hydroxylation is 1. The van der Waals surface area contributed by atoms with Crippen LogP contribution in [0.25, 0.3) is 0 Å². The van der Waals surface area contributed by atoms with Crippen molar-refractivity contribution in [1.82, 2.24) is 0 Å². The van der Waals surface area contributed by atoms with Gasteiger partial charge in [0.25, 0.3) is 10.0 Å². The van der Waals surface area contributed by atoms with E-state index in [9.17, 15) is 17.6 Å². The van der Waals surface area contributed by atoms with Crippen molar-refractivity contribution in [3.05, 3.63) is 53.8 Å². The molecule has 0 atom stereocenters. The number of thioether (sulfide) groups is 1. The van der Waals surface area contributed by atoms with Gasteiger partial charge in [-0.3, -0.25) is 4.79 Å². The molecule has 0 saturated carbocycles. The van der Waals surface area contributed by atoms with Gasteiger partial charge in [0.2, 0.25) is 5.91 Å². The van der Waals surface area contributed by atoms with Crippen LogP contribution in [0.5, 0.6) is 0 Å². The number of sulfonamides is 1. The van der Waals surface area contributed by atoms with Gasteiger partial charge in [0, 0.05) is 5.69 Å². The van der Waals surface area contributed by atoms with Crippen molar-refractivity contribution in [2.75, 3.05) is 16.4 Å². The lowest BCUT2D eigenvalue weighted by Gasteiger charge is -2.17. The SMILES string of the molecule is Cc1ccccc1NC(=O)CSC1=NS(=O)(=O)c2cc(F)ccc2N1. The molecule has 2 aromatic rings. The fourth-order valence-electron chi connectivity index (χ4n) is 2.20. The zero-order valence-electron chi connectivity index (χ0n) is 13.1. The van der Waals surface area contributed by atoms with E-state index < -0.39 is 15.8 Å². The number of anilines is 2. The lowest BCUT2D eigenvalue weighted by Crippen LogP contribution is -2.22. The Bertz CT molecular complexity index is 974. The Hall–Kier alpha value is -2.39. The molecule has 25 heavy (non-hydrogen) atoms. The lowest BCUT2D eigenvalue weighted by atomic mass is 10.2. The minimum atomic E-state index is -3.99. The van der Waals surface area contributed by atoms with Crippen LogP contribution >= 0.6 is 11.8 Å². The largest absolute Gasteiger partial charge is 0.333 e. The van der Waals surface area contributed by atoms with Crippen molar-refractivity contribution in [3.63, 3.8) is 0 Å². The number of carbonyl (C=O) groups is 1. The molecule has 0 aliphatic carbocycles. The highest BCUT2D eigenvalue weighted by Crippen LogP contribution is 2.30. The molecule has 1 aliphatic heterocycles. The van der Waals surface area contributed by atoms with Crippen LogP contribution in [0.15, 0.2) is 51.8 Å². The molecule has 1 amide bonds. The Morgan fingerprint density at radius 2 is 2.04 bits per heavy atom. The van der Waals surface area contributed by atoms with Gasteiger partial charge < -0.3 is 10.6 Å². The Morgan fingerprint density at radius 3 is 2.80 bits per heavy atom. The van der Waals surface area contributed by atoms with Gasteiger partial charge in [0.05, 0.1) is 11.4 Å². The molecular weight excluding hydrogens is 365 g/mol. The standard InChI is InChI=1S/C16H14FN3O3S2/c1-10-4-2-3-5-12(10)18-15(21)9-24-16-19-13-7-6-11(17)8-14(13)25(22,23)20-16/h2-8H,9H2,1H3,(H,18,21)(H,19,20). The number of benzene rings is 2. The van der Waals surface area contributed by atoms with Crippen molar-refractivity contribution >= 4 is 44.2 Å². The third kappa shape index (κ3) is 3.99. The number of rotatable bonds is 3. The Kier molecular flexibility index (Phi) is 4.78. The summed E-state index contributed by atoms with van der Waals surface area (Å²) >= 11 is 0.955. The number of nitrogens with zero attached hydrogens (tertiary/aromatic N) is 1. The van der Waals surface area contributed by atoms with Crippen LogP contribution < -0.4 is 10.6 Å². The van der Waals surface area contributed by atoms with Crippen LogP contribution in [0.2, 0.25) is 0 Å². The Morgan fingerprint density at radius 1 is 1.28 bits per heavy atom. The van der Waals surface area contributed by atoms with Crippen molar-refractivity contribution in [2.24, 2.45) is 4.40 Å². The Balaban J connectivity index is 1.68. The third-order valence-electron chi connectivity index (χ3n) is 3.43. The number of hydrogen-bond donors (Lipinski definition) is 2. The van der Waals surface area contributed by atoms with Crippen LogP contribution in [0.3, 0.4) is 0 Å². The summed E-state index contributed by atoms with van der Waals surface area (Å²) in [6, 6.07) is 10.7. The molecule has 0 unspecified atom stereocenters. The fraction of sp³-hybridized carbons (Fsp3) is 0.125. The highest BCUT2D eigenvalue weighted by Gasteiger charge is 2.26. The van der Waals surface area contributed by atoms with Gasteiger partial charge in [-0.2, -0.15) is 8.42 Å². The first kappa shape index (κ1) is 17.4. The third-order valence-corrected chi connectivity index (χ3v) is 5.73. The van der Waals surface area contributed by atoms with E-state index in [1.54, 1.807) is 6.07 Å². The second-order valence-electron chi connectivity index (χ2n) is 5.29. The minimum absolute atomic E-state index is 0.0216. The van der Waals surface area contributed by atoms with E-state index in [1.807, 2.05) is 25.1 Å². The molecule has 0 spiro atoms. The molecular formula is C16H14FN3O3S2. The minimum Gasteiger partial charge on any atom is -0.333 e. The van der Waals surface area contributed by atoms with Crippen molar-refractivity contribution in [3.8, 4) is 0 Å². The van der Waals surface area contributed by atoms with Crippen LogP contribution in [0.4, 0.5) is 15.8 Å². The molecule has 0 bridgehead atoms. The molecule has 9 heteroatoms. The van der Waals surface area contributed by atoms with Crippen LogP contribution in [-0.2, 0) is 14.8 Å². The average Bonchev–Trinajstić information content (AvgIpc) is 2.55. The van der Waals surface area contributed by atoms with E-state index >= 15 is 0 Å². The van der Waals surface area contributed by atoms with Gasteiger partial charge in [-0.05, 0) is 36.8 Å². The first-order chi connectivity index (χ1) is 11.8. The quantitative estimate of drug-likeness (QED) is 0.856. The highest BCUT2D eigenvalue weighted by atomic mass is 32.2. The Labute approximate surface area is 148 Å². The number of fused-ring (bicyclic) bond motifs is 1. The second kappa shape index (κ2) is 6.85. The predicted octanol–water partition coefficient (Wildman–Crippen LogP) is 2.98. The zero-order chi connectivity index (χ0) is 18.0. The van der Waals surface area contributed by atoms with Crippen molar-refractivity contribution in [1.29, 1.82) is 0 Å². The van der Waals surface area contributed by atoms with E-state index in [0.717, 1.165) is 29.5 Å². The molecule has 0 saturated heterocycles. The second-order valence-corrected chi connectivity index (χ2v) is 7.83. The van der Waals surface area contributed by atoms with E-state index in [-0.39, 0.29) is 27.4 Å². The summed E-state index contributed by atoms with van der Waals surface area (Å²) < 4.78 is 41.0. The number of amidine groups is 1. The molecule has 2 aromatic carbocycles. The number of nitrogens with one attached hydrogen (secondary N) is 2. The highest BCUT2D eigenvalue weighted by molar-refractivity contribution is 8.15. The molecule has 1 heterocycles. The molecule has 130 valence electrons. The maximum atomic E-state index is 13.2. The summed E-state index contributed by atoms with van der Waals surface area (Å²) in [6.45, 7) is 1.87. The smallest absolute Gasteiger partial charge is 0.286 e. The topological polar surface area (TPSA) is 87.6 Å². The van der Waals surface area contributed by atoms with Gasteiger partial charge in [-0.15, -0.1) is 4.40 Å². The maximum absolute atomic E-state index is 13.2. The van der Waals surface area contributed by atoms with E-state index in [4.69, 9.17) is 0 Å². The van der Waals surface area contributed by atoms with Crippen molar-refractivity contribution in [2.45, 2.75) is 11.8 Å². The van der Waals surface area contributed by atoms with Crippen LogP contribution in [-0.4, -0.2) is 25.2 Å². The van der Waals surface area contributed by atoms with Crippen LogP contribution in [0, 0.1) is 12.7 Å². The zero-order valence-corrected chi connectivity index (χ0v) is 14.7. The van der Waals surface area contributed by atoms with Gasteiger partial charge >= 0.3 is 0 Å². The number of halogens is 1. The van der Waals surface area contributed by atoms with Crippen molar-refractivity contribution < 1.29 is 17.6 Å². The summed E-state index contributed by atoms with van der Waals surface area (Å²) in [5.41, 5.74) is 1.85. The predicted molar refractivity (Wildman–Crippen MR) is 96.9 cm³/mol. The summed E-state index contributed by atoms with van der Waals surface area (Å²) in [5.74, 6) is -0.967. The normalized spacial score (nSPS) is 14.9. The molecule has 1 aliphatic rings. The molecule has 3 rings (SSSR count). The van der Waals surface area contributed by atoms with Gasteiger partial charge in [0.15, 0.2) is 5.17 Å². The number of para-hydroxylation sites is 1. The van der Waals surface area contributed by atoms with E-state index in [0.29, 0.717) is 5.69 Å². The lowest BCUT2D eigenvalue weighted by molar-refractivity contribution is -0.113. The van der Waals surface area contributed by atoms with Crippen LogP contribution in [0.1, 0.15) is 5.56 Å². The molecule has 0 radical (unpaired) electrons. The molecule has 2 N–H and O–H groups in total. The van der Waals surface area contributed by atoms with E-state index in [1.165, 1.54) is 6.07 Å². The fourth-order valence-corrected chi connectivity index (χ4v) is 4.25. The monoisotopic (exact) mass is 379 g/mol. The number of carbonyl (C=O) groups excluding carboxylic acids is 1. The number of hydrogen-bond acceptors (Lipinski definition) is 5. The molecule has 0 fully saturated rings. The first-order valence-electron chi connectivity index (χ1n) is 7.25. The first-order valence-corrected chi connectivity index (χ1v) is 9.67. The summed E-state index contributed by atoms with van der Waals surface area (Å²) in [4.78, 5) is 11.8. The molecule has 0 aromatic heterocycles. The van der Waals surface area contributed by atoms with Gasteiger partial charge in [-0.25, -0.2) is 4.39 Å². The number of amides is 1. The maximum Gasteiger partial charge on any atom is 0.286 e.